The fraction of sp³-hybridized carbons (Fsp3) is 0.579. The van der Waals surface area contributed by atoms with Crippen molar-refractivity contribution in [3.05, 3.63) is 34.4 Å². The largest absolute Gasteiger partial charge is 0.457 e. The summed E-state index contributed by atoms with van der Waals surface area (Å²) in [5, 5.41) is 13.7. The summed E-state index contributed by atoms with van der Waals surface area (Å²) in [4.78, 5) is 25.4. The van der Waals surface area contributed by atoms with Crippen LogP contribution in [0.3, 0.4) is 0 Å². The average Bonchev–Trinajstić information content (AvgIpc) is 3.14. The van der Waals surface area contributed by atoms with Crippen LogP contribution in [-0.4, -0.2) is 48.1 Å². The molecule has 3 heterocycles. The number of β-amino-alcohol motifs (C(OH)–C–C–N with tert-alkyl or cyclic N) is 1. The van der Waals surface area contributed by atoms with Gasteiger partial charge in [-0.2, -0.15) is 0 Å². The predicted molar refractivity (Wildman–Crippen MR) is 91.0 cm³/mol. The predicted octanol–water partition coefficient (Wildman–Crippen LogP) is 1.30. The third kappa shape index (κ3) is 2.93. The van der Waals surface area contributed by atoms with Crippen molar-refractivity contribution in [3.8, 4) is 0 Å². The Labute approximate surface area is 147 Å². The summed E-state index contributed by atoms with van der Waals surface area (Å²) in [6, 6.07) is 3.60. The molecule has 2 fully saturated rings. The standard InChI is InChI=1S/C19H24N2O4/c1-12-13(2-3-14-15(12)10-25-18(14)24)16(22)9-21-6-4-19(5-7-21)8-17(23)20-11-19/h2-3,16,22H,4-11H2,1H3,(H,20,23)/t16-/m0/s1. The number of hydrogen-bond acceptors (Lipinski definition) is 5. The first-order chi connectivity index (χ1) is 12.0. The maximum absolute atomic E-state index is 11.6. The number of cyclic esters (lactones) is 1. The Morgan fingerprint density at radius 3 is 2.76 bits per heavy atom. The lowest BCUT2D eigenvalue weighted by Gasteiger charge is -2.39. The number of nitrogens with one attached hydrogen (secondary N) is 1. The van der Waals surface area contributed by atoms with E-state index < -0.39 is 6.10 Å². The van der Waals surface area contributed by atoms with Gasteiger partial charge in [0.15, 0.2) is 0 Å². The summed E-state index contributed by atoms with van der Waals surface area (Å²) < 4.78 is 5.09. The normalized spacial score (nSPS) is 23.4. The Hall–Kier alpha value is -1.92. The van der Waals surface area contributed by atoms with Crippen molar-refractivity contribution in [3.63, 3.8) is 0 Å². The molecule has 4 rings (SSSR count). The molecule has 0 aromatic heterocycles. The second kappa shape index (κ2) is 6.11. The van der Waals surface area contributed by atoms with Crippen LogP contribution in [0.4, 0.5) is 0 Å². The molecule has 6 nitrogen and oxygen atoms in total. The summed E-state index contributed by atoms with van der Waals surface area (Å²) in [6.45, 7) is 5.41. The van der Waals surface area contributed by atoms with Crippen LogP contribution in [0.1, 0.15) is 52.4 Å². The van der Waals surface area contributed by atoms with E-state index in [1.165, 1.54) is 0 Å². The molecule has 2 saturated heterocycles. The van der Waals surface area contributed by atoms with Gasteiger partial charge >= 0.3 is 5.97 Å². The van der Waals surface area contributed by atoms with E-state index >= 15 is 0 Å². The number of nitrogens with zero attached hydrogens (tertiary/aromatic N) is 1. The summed E-state index contributed by atoms with van der Waals surface area (Å²) in [7, 11) is 0. The van der Waals surface area contributed by atoms with E-state index in [9.17, 15) is 14.7 Å². The van der Waals surface area contributed by atoms with Crippen LogP contribution in [0.25, 0.3) is 0 Å². The SMILES string of the molecule is Cc1c([C@@H](O)CN2CCC3(CC2)CNC(=O)C3)ccc2c1COC2=O. The Bertz CT molecular complexity index is 722. The third-order valence-corrected chi connectivity index (χ3v) is 6.11. The quantitative estimate of drug-likeness (QED) is 0.808. The minimum absolute atomic E-state index is 0.125. The highest BCUT2D eigenvalue weighted by Gasteiger charge is 2.41. The fourth-order valence-corrected chi connectivity index (χ4v) is 4.39. The topological polar surface area (TPSA) is 78.9 Å². The van der Waals surface area contributed by atoms with E-state index in [1.807, 2.05) is 13.0 Å². The molecule has 0 unspecified atom stereocenters. The van der Waals surface area contributed by atoms with E-state index in [1.54, 1.807) is 6.07 Å². The molecule has 0 aliphatic carbocycles. The number of rotatable bonds is 3. The Kier molecular flexibility index (Phi) is 4.04. The molecule has 3 aliphatic rings. The number of esters is 1. The maximum Gasteiger partial charge on any atom is 0.338 e. The monoisotopic (exact) mass is 344 g/mol. The number of carbonyl (C=O) groups is 2. The second-order valence-electron chi connectivity index (χ2n) is 7.65. The van der Waals surface area contributed by atoms with Gasteiger partial charge in [0.1, 0.15) is 6.61 Å². The molecule has 1 amide bonds. The fourth-order valence-electron chi connectivity index (χ4n) is 4.39. The zero-order valence-corrected chi connectivity index (χ0v) is 14.5. The number of carbonyl (C=O) groups excluding carboxylic acids is 2. The van der Waals surface area contributed by atoms with Crippen molar-refractivity contribution in [1.29, 1.82) is 0 Å². The van der Waals surface area contributed by atoms with Crippen LogP contribution in [0.15, 0.2) is 12.1 Å². The van der Waals surface area contributed by atoms with Crippen molar-refractivity contribution in [2.24, 2.45) is 5.41 Å². The van der Waals surface area contributed by atoms with Crippen molar-refractivity contribution in [2.45, 2.75) is 38.9 Å². The Morgan fingerprint density at radius 1 is 1.32 bits per heavy atom. The number of benzene rings is 1. The van der Waals surface area contributed by atoms with Crippen LogP contribution in [0.2, 0.25) is 0 Å². The molecule has 2 N–H and O–H groups in total. The zero-order valence-electron chi connectivity index (χ0n) is 14.5. The molecule has 1 aromatic rings. The van der Waals surface area contributed by atoms with Gasteiger partial charge in [0.25, 0.3) is 0 Å². The molecule has 1 spiro atoms. The third-order valence-electron chi connectivity index (χ3n) is 6.11. The number of hydrogen-bond donors (Lipinski definition) is 2. The molecule has 3 aliphatic heterocycles. The molecule has 134 valence electrons. The van der Waals surface area contributed by atoms with Crippen LogP contribution >= 0.6 is 0 Å². The second-order valence-corrected chi connectivity index (χ2v) is 7.65. The van der Waals surface area contributed by atoms with E-state index in [4.69, 9.17) is 4.74 Å². The van der Waals surface area contributed by atoms with Gasteiger partial charge in [0.2, 0.25) is 5.91 Å². The number of aliphatic hydroxyl groups is 1. The van der Waals surface area contributed by atoms with E-state index in [0.717, 1.165) is 49.2 Å². The van der Waals surface area contributed by atoms with E-state index in [2.05, 4.69) is 10.2 Å². The highest BCUT2D eigenvalue weighted by molar-refractivity contribution is 5.93. The molecule has 1 atom stereocenters. The summed E-state index contributed by atoms with van der Waals surface area (Å²) in [6.07, 6.45) is 2.04. The Morgan fingerprint density at radius 2 is 2.08 bits per heavy atom. The van der Waals surface area contributed by atoms with Crippen LogP contribution in [-0.2, 0) is 16.1 Å². The first-order valence-corrected chi connectivity index (χ1v) is 8.94. The van der Waals surface area contributed by atoms with E-state index in [-0.39, 0.29) is 17.3 Å². The van der Waals surface area contributed by atoms with Gasteiger partial charge in [-0.3, -0.25) is 4.79 Å². The molecular formula is C19H24N2O4. The van der Waals surface area contributed by atoms with Crippen molar-refractivity contribution >= 4 is 11.9 Å². The van der Waals surface area contributed by atoms with Crippen LogP contribution in [0, 0.1) is 12.3 Å². The zero-order chi connectivity index (χ0) is 17.6. The van der Waals surface area contributed by atoms with Crippen molar-refractivity contribution in [1.82, 2.24) is 10.2 Å². The van der Waals surface area contributed by atoms with Gasteiger partial charge in [0, 0.05) is 25.1 Å². The van der Waals surface area contributed by atoms with Gasteiger partial charge in [-0.05, 0) is 55.5 Å². The van der Waals surface area contributed by atoms with Crippen molar-refractivity contribution < 1.29 is 19.4 Å². The first-order valence-electron chi connectivity index (χ1n) is 8.94. The summed E-state index contributed by atoms with van der Waals surface area (Å²) in [5.74, 6) is -0.112. The van der Waals surface area contributed by atoms with Gasteiger partial charge in [-0.15, -0.1) is 0 Å². The molecule has 0 saturated carbocycles. The number of amides is 1. The first kappa shape index (κ1) is 16.5. The minimum Gasteiger partial charge on any atom is -0.457 e. The molecule has 6 heteroatoms. The maximum atomic E-state index is 11.6. The highest BCUT2D eigenvalue weighted by atomic mass is 16.5. The number of piperidine rings is 1. The van der Waals surface area contributed by atoms with Gasteiger partial charge in [-0.25, -0.2) is 4.79 Å². The van der Waals surface area contributed by atoms with Gasteiger partial charge in [0.05, 0.1) is 11.7 Å². The molecule has 1 aromatic carbocycles. The van der Waals surface area contributed by atoms with E-state index in [0.29, 0.717) is 25.1 Å². The molecule has 0 radical (unpaired) electrons. The number of aliphatic hydroxyl groups excluding tert-OH is 1. The summed E-state index contributed by atoms with van der Waals surface area (Å²) in [5.41, 5.74) is 3.46. The highest BCUT2D eigenvalue weighted by Crippen LogP contribution is 2.38. The number of ether oxygens (including phenoxy) is 1. The van der Waals surface area contributed by atoms with Crippen LogP contribution in [0.5, 0.6) is 0 Å². The van der Waals surface area contributed by atoms with Gasteiger partial charge < -0.3 is 20.1 Å². The smallest absolute Gasteiger partial charge is 0.338 e. The molecule has 0 bridgehead atoms. The molecular weight excluding hydrogens is 320 g/mol. The Balaban J connectivity index is 1.41. The minimum atomic E-state index is -0.585. The molecule has 25 heavy (non-hydrogen) atoms. The lowest BCUT2D eigenvalue weighted by Crippen LogP contribution is -2.42. The average molecular weight is 344 g/mol. The lowest BCUT2D eigenvalue weighted by molar-refractivity contribution is -0.119. The number of likely N-dealkylation sites (tertiary alicyclic amines) is 1. The van der Waals surface area contributed by atoms with Crippen LogP contribution < -0.4 is 5.32 Å². The number of fused-ring (bicyclic) bond motifs is 1. The van der Waals surface area contributed by atoms with Crippen molar-refractivity contribution in [2.75, 3.05) is 26.2 Å². The lowest BCUT2D eigenvalue weighted by atomic mass is 9.77. The summed E-state index contributed by atoms with van der Waals surface area (Å²) >= 11 is 0. The van der Waals surface area contributed by atoms with Gasteiger partial charge in [-0.1, -0.05) is 6.07 Å².